The molecule has 0 unspecified atom stereocenters. The van der Waals surface area contributed by atoms with Crippen LogP contribution in [0.4, 0.5) is 0 Å². The van der Waals surface area contributed by atoms with E-state index in [2.05, 4.69) is 319 Å². The number of benzene rings is 18. The van der Waals surface area contributed by atoms with Gasteiger partial charge in [-0.15, -0.1) is 0 Å². The average Bonchev–Trinajstić information content (AvgIpc) is 0.779. The Labute approximate surface area is 542 Å². The highest BCUT2D eigenvalue weighted by Gasteiger charge is 2.23. The number of fused-ring (bicyclic) bond motifs is 12. The van der Waals surface area contributed by atoms with Gasteiger partial charge in [0.2, 0.25) is 0 Å². The molecule has 4 heteroatoms. The third-order valence-corrected chi connectivity index (χ3v) is 19.1. The van der Waals surface area contributed by atoms with E-state index in [0.29, 0.717) is 5.46 Å². The molecule has 432 valence electrons. The van der Waals surface area contributed by atoms with Gasteiger partial charge in [-0.1, -0.05) is 325 Å². The van der Waals surface area contributed by atoms with Crippen molar-refractivity contribution in [3.05, 3.63) is 344 Å². The summed E-state index contributed by atoms with van der Waals surface area (Å²) in [4.78, 5) is 0. The highest BCUT2D eigenvalue weighted by molar-refractivity contribution is 9.10. The summed E-state index contributed by atoms with van der Waals surface area (Å²) in [6.07, 6.45) is 0. The second kappa shape index (κ2) is 24.1. The smallest absolute Gasteiger partial charge is 0.423 e. The molecule has 0 aliphatic heterocycles. The van der Waals surface area contributed by atoms with Crippen LogP contribution in [0.5, 0.6) is 0 Å². The van der Waals surface area contributed by atoms with Crippen LogP contribution >= 0.6 is 15.9 Å². The van der Waals surface area contributed by atoms with Gasteiger partial charge in [-0.2, -0.15) is 0 Å². The molecule has 92 heavy (non-hydrogen) atoms. The molecule has 0 bridgehead atoms. The fraction of sp³-hybridized carbons (Fsp3) is 0. The van der Waals surface area contributed by atoms with Crippen LogP contribution in [0, 0.1) is 0 Å². The molecule has 0 radical (unpaired) electrons. The largest absolute Gasteiger partial charge is 0.489 e. The maximum atomic E-state index is 10.2. The minimum absolute atomic E-state index is 0.552. The number of rotatable bonds is 6. The molecule has 0 heterocycles. The first-order valence-corrected chi connectivity index (χ1v) is 32.1. The maximum absolute atomic E-state index is 10.2. The van der Waals surface area contributed by atoms with Gasteiger partial charge in [0, 0.05) is 4.47 Å². The molecule has 2 N–H and O–H groups in total. The molecule has 0 atom stereocenters. The first kappa shape index (κ1) is 56.3. The topological polar surface area (TPSA) is 40.5 Å². The molecule has 0 saturated heterocycles. The van der Waals surface area contributed by atoms with Crippen molar-refractivity contribution in [3.63, 3.8) is 0 Å². The van der Waals surface area contributed by atoms with Crippen molar-refractivity contribution in [2.75, 3.05) is 0 Å². The molecule has 0 amide bonds. The second-order valence-corrected chi connectivity index (χ2v) is 24.5. The minimum atomic E-state index is -1.54. The van der Waals surface area contributed by atoms with E-state index in [1.807, 2.05) is 36.4 Å². The maximum Gasteiger partial charge on any atom is 0.489 e. The van der Waals surface area contributed by atoms with Gasteiger partial charge in [0.25, 0.3) is 0 Å². The molecule has 0 aromatic heterocycles. The minimum Gasteiger partial charge on any atom is -0.423 e. The Morgan fingerprint density at radius 1 is 0.196 bits per heavy atom. The van der Waals surface area contributed by atoms with E-state index in [1.54, 1.807) is 0 Å². The monoisotopic (exact) mass is 1240 g/mol. The Morgan fingerprint density at radius 2 is 0.511 bits per heavy atom. The zero-order valence-electron chi connectivity index (χ0n) is 50.2. The van der Waals surface area contributed by atoms with Crippen molar-refractivity contribution in [2.45, 2.75) is 0 Å². The van der Waals surface area contributed by atoms with E-state index in [1.165, 1.54) is 125 Å². The third kappa shape index (κ3) is 10.2. The molecule has 0 aliphatic carbocycles. The van der Waals surface area contributed by atoms with Gasteiger partial charge in [-0.05, 0) is 199 Å². The Balaban J connectivity index is 0.000000123. The Bertz CT molecular complexity index is 5800. The van der Waals surface area contributed by atoms with Crippen LogP contribution in [0.15, 0.2) is 344 Å². The highest BCUT2D eigenvalue weighted by atomic mass is 79.9. The fourth-order valence-electron chi connectivity index (χ4n) is 14.2. The lowest BCUT2D eigenvalue weighted by Crippen LogP contribution is -2.31. The summed E-state index contributed by atoms with van der Waals surface area (Å²) in [7, 11) is -1.54. The molecule has 0 aliphatic rings. The van der Waals surface area contributed by atoms with E-state index in [4.69, 9.17) is 0 Å². The van der Waals surface area contributed by atoms with Crippen molar-refractivity contribution in [2.24, 2.45) is 0 Å². The van der Waals surface area contributed by atoms with Crippen LogP contribution < -0.4 is 5.46 Å². The van der Waals surface area contributed by atoms with Gasteiger partial charge in [-0.3, -0.25) is 0 Å². The normalized spacial score (nSPS) is 11.4. The number of halogens is 1. The molecule has 18 rings (SSSR count). The van der Waals surface area contributed by atoms with E-state index in [9.17, 15) is 10.0 Å². The molecular weight excluding hydrogens is 1180 g/mol. The summed E-state index contributed by atoms with van der Waals surface area (Å²) >= 11 is 3.58. The summed E-state index contributed by atoms with van der Waals surface area (Å²) in [6, 6.07) is 121. The van der Waals surface area contributed by atoms with Gasteiger partial charge >= 0.3 is 7.12 Å². The number of hydrogen-bond donors (Lipinski definition) is 2. The third-order valence-electron chi connectivity index (χ3n) is 18.4. The van der Waals surface area contributed by atoms with Gasteiger partial charge in [0.1, 0.15) is 0 Å². The number of hydrogen-bond acceptors (Lipinski definition) is 2. The van der Waals surface area contributed by atoms with Crippen LogP contribution in [-0.4, -0.2) is 17.2 Å². The van der Waals surface area contributed by atoms with Gasteiger partial charge in [-0.25, -0.2) is 0 Å². The Hall–Kier alpha value is -11.0. The molecule has 2 nitrogen and oxygen atoms in total. The van der Waals surface area contributed by atoms with Crippen molar-refractivity contribution in [3.8, 4) is 55.6 Å². The predicted octanol–water partition coefficient (Wildman–Crippen LogP) is 23.4. The average molecular weight is 1240 g/mol. The van der Waals surface area contributed by atoms with E-state index >= 15 is 0 Å². The lowest BCUT2D eigenvalue weighted by molar-refractivity contribution is 0.426. The SMILES string of the molecule is Brc1cccc2c1ccc1ccccc12.OB(O)c1c2ccccc2c(-c2cccc(-c3ccc4ccccc4c3)c2)c2ccccc12.c1cc(-c2ccc3ccccc3c2)cc(-c2c3ccccc3c(-c3cccc4c3ccc3ccccc34)c3ccccc23)c1. The molecule has 0 spiro atoms. The zero-order valence-corrected chi connectivity index (χ0v) is 51.8. The summed E-state index contributed by atoms with van der Waals surface area (Å²) in [6.45, 7) is 0. The molecule has 0 fully saturated rings. The van der Waals surface area contributed by atoms with Crippen molar-refractivity contribution >= 4 is 136 Å². The lowest BCUT2D eigenvalue weighted by atomic mass is 9.72. The summed E-state index contributed by atoms with van der Waals surface area (Å²) in [5, 5.41) is 44.6. The van der Waals surface area contributed by atoms with E-state index < -0.39 is 7.12 Å². The molecule has 18 aromatic carbocycles. The summed E-state index contributed by atoms with van der Waals surface area (Å²) in [5.41, 5.74) is 12.6. The van der Waals surface area contributed by atoms with Crippen molar-refractivity contribution in [1.82, 2.24) is 0 Å². The van der Waals surface area contributed by atoms with Crippen LogP contribution in [-0.2, 0) is 0 Å². The first-order valence-electron chi connectivity index (χ1n) is 31.3. The highest BCUT2D eigenvalue weighted by Crippen LogP contribution is 2.47. The van der Waals surface area contributed by atoms with Crippen LogP contribution in [0.3, 0.4) is 0 Å². The van der Waals surface area contributed by atoms with E-state index in [-0.39, 0.29) is 0 Å². The van der Waals surface area contributed by atoms with E-state index in [0.717, 1.165) is 42.7 Å². The quantitative estimate of drug-likeness (QED) is 0.0990. The molecule has 0 saturated carbocycles. The first-order chi connectivity index (χ1) is 45.4. The molecular formula is C88H58BBrO2. The lowest BCUT2D eigenvalue weighted by Gasteiger charge is -2.19. The predicted molar refractivity (Wildman–Crippen MR) is 399 cm³/mol. The molecule has 18 aromatic rings. The summed E-state index contributed by atoms with van der Waals surface area (Å²) in [5.74, 6) is 0. The fourth-order valence-corrected chi connectivity index (χ4v) is 14.7. The second-order valence-electron chi connectivity index (χ2n) is 23.7. The van der Waals surface area contributed by atoms with Crippen molar-refractivity contribution < 1.29 is 10.0 Å². The Morgan fingerprint density at radius 3 is 0.978 bits per heavy atom. The van der Waals surface area contributed by atoms with Gasteiger partial charge in [0.05, 0.1) is 0 Å². The standard InChI is InChI=1S/C44H28.C30H21BO2.C14H9Br/c1-2-13-31-27-33(24-23-29(31)11-1)32-14-9-15-34(28-32)43-39-17-5-7-19-41(39)44(42-20-8-6-18-40(42)43)38-22-10-21-36-35-16-4-3-12-30(35)25-26-37(36)38;32-31(33)30-27-14-5-3-12-25(27)29(26-13-4-6-15-28(26)30)24-11-7-10-22(19-24)23-17-16-20-8-1-2-9-21(20)18-23;15-14-7-3-6-12-11-5-2-1-4-10(11)8-9-13(12)14/h1-28H;1-19,32-33H;1-9H. The summed E-state index contributed by atoms with van der Waals surface area (Å²) < 4.78 is 1.16. The van der Waals surface area contributed by atoms with Crippen LogP contribution in [0.1, 0.15) is 0 Å². The van der Waals surface area contributed by atoms with Crippen LogP contribution in [0.25, 0.3) is 163 Å². The van der Waals surface area contributed by atoms with Crippen LogP contribution in [0.2, 0.25) is 0 Å². The van der Waals surface area contributed by atoms with Gasteiger partial charge in [0.15, 0.2) is 0 Å². The van der Waals surface area contributed by atoms with Crippen molar-refractivity contribution in [1.29, 1.82) is 0 Å². The Kier molecular flexibility index (Phi) is 14.7. The van der Waals surface area contributed by atoms with Gasteiger partial charge < -0.3 is 10.0 Å². The zero-order chi connectivity index (χ0) is 61.7.